The first-order valence-electron chi connectivity index (χ1n) is 11.0. The number of nitrogens with one attached hydrogen (secondary N) is 1. The fourth-order valence-corrected chi connectivity index (χ4v) is 4.73. The number of methoxy groups -OCH3 is 1. The second-order valence-electron chi connectivity index (χ2n) is 8.12. The molecular formula is C25H31N5O2. The van der Waals surface area contributed by atoms with Crippen LogP contribution in [0, 0.1) is 11.5 Å². The van der Waals surface area contributed by atoms with E-state index in [9.17, 15) is 4.79 Å². The van der Waals surface area contributed by atoms with Gasteiger partial charge in [-0.05, 0) is 50.3 Å². The number of para-hydroxylation sites is 1. The van der Waals surface area contributed by atoms with E-state index in [0.717, 1.165) is 25.7 Å². The van der Waals surface area contributed by atoms with Crippen LogP contribution in [0.3, 0.4) is 0 Å². The van der Waals surface area contributed by atoms with Crippen LogP contribution in [-0.4, -0.2) is 43.0 Å². The summed E-state index contributed by atoms with van der Waals surface area (Å²) in [6.45, 7) is 3.26. The summed E-state index contributed by atoms with van der Waals surface area (Å²) in [6, 6.07) is 17.8. The Kier molecular flexibility index (Phi) is 7.72. The molecule has 0 bridgehead atoms. The molecule has 0 saturated heterocycles. The Morgan fingerprint density at radius 1 is 1.22 bits per heavy atom. The molecule has 0 atom stereocenters. The summed E-state index contributed by atoms with van der Waals surface area (Å²) in [6.07, 6.45) is 5.37. The molecule has 3 N–H and O–H groups in total. The molecule has 2 aromatic rings. The molecule has 0 spiro atoms. The van der Waals surface area contributed by atoms with Gasteiger partial charge in [-0.3, -0.25) is 4.79 Å². The molecule has 7 heteroatoms. The molecule has 2 aromatic carbocycles. The van der Waals surface area contributed by atoms with Crippen molar-refractivity contribution in [1.82, 2.24) is 10.2 Å². The molecule has 32 heavy (non-hydrogen) atoms. The summed E-state index contributed by atoms with van der Waals surface area (Å²) in [5.74, 6) is 0.700. The molecule has 1 aliphatic rings. The van der Waals surface area contributed by atoms with Crippen LogP contribution in [0.25, 0.3) is 0 Å². The molecule has 0 heterocycles. The Morgan fingerprint density at radius 2 is 1.88 bits per heavy atom. The third-order valence-electron chi connectivity index (χ3n) is 6.48. The average molecular weight is 434 g/mol. The summed E-state index contributed by atoms with van der Waals surface area (Å²) in [7, 11) is 1.57. The number of nitrogens with zero attached hydrogens (tertiary/aromatic N) is 3. The van der Waals surface area contributed by atoms with E-state index in [4.69, 9.17) is 15.7 Å². The third-order valence-corrected chi connectivity index (χ3v) is 6.48. The van der Waals surface area contributed by atoms with Crippen LogP contribution in [0.4, 0.5) is 0 Å². The number of aliphatic imine (C=N–C) groups is 1. The largest absolute Gasteiger partial charge is 0.496 e. The Bertz CT molecular complexity index is 975. The molecule has 1 aliphatic carbocycles. The number of nitrogens with two attached hydrogens (primary N) is 1. The van der Waals surface area contributed by atoms with E-state index in [1.807, 2.05) is 42.2 Å². The molecule has 7 nitrogen and oxygen atoms in total. The summed E-state index contributed by atoms with van der Waals surface area (Å²) in [5, 5.41) is 12.0. The maximum Gasteiger partial charge on any atom is 0.255 e. The Labute approximate surface area is 189 Å². The molecule has 0 radical (unpaired) electrons. The van der Waals surface area contributed by atoms with Crippen molar-refractivity contribution in [2.24, 2.45) is 10.7 Å². The smallest absolute Gasteiger partial charge is 0.255 e. The van der Waals surface area contributed by atoms with Gasteiger partial charge in [-0.15, -0.1) is 4.99 Å². The van der Waals surface area contributed by atoms with E-state index in [-0.39, 0.29) is 23.3 Å². The lowest BCUT2D eigenvalue weighted by Gasteiger charge is -2.44. The number of guanidine groups is 1. The van der Waals surface area contributed by atoms with Crippen LogP contribution in [0.1, 0.15) is 48.5 Å². The summed E-state index contributed by atoms with van der Waals surface area (Å²) in [4.78, 5) is 18.7. The monoisotopic (exact) mass is 433 g/mol. The quantitative estimate of drug-likeness (QED) is 0.396. The van der Waals surface area contributed by atoms with Gasteiger partial charge in [0.15, 0.2) is 0 Å². The van der Waals surface area contributed by atoms with Crippen molar-refractivity contribution in [2.45, 2.75) is 44.1 Å². The van der Waals surface area contributed by atoms with Crippen LogP contribution < -0.4 is 15.8 Å². The fourth-order valence-electron chi connectivity index (χ4n) is 4.73. The van der Waals surface area contributed by atoms with Crippen LogP contribution in [0.15, 0.2) is 59.6 Å². The Morgan fingerprint density at radius 3 is 2.50 bits per heavy atom. The zero-order chi connectivity index (χ0) is 23.0. The van der Waals surface area contributed by atoms with Gasteiger partial charge in [0.1, 0.15) is 5.75 Å². The molecule has 1 fully saturated rings. The van der Waals surface area contributed by atoms with Gasteiger partial charge in [0.25, 0.3) is 5.91 Å². The van der Waals surface area contributed by atoms with Crippen molar-refractivity contribution in [3.63, 3.8) is 0 Å². The zero-order valence-corrected chi connectivity index (χ0v) is 18.8. The number of ether oxygens (including phenoxy) is 1. The number of carbonyl (C=O) groups excluding carboxylic acids is 1. The zero-order valence-electron chi connectivity index (χ0n) is 18.8. The van der Waals surface area contributed by atoms with Gasteiger partial charge in [0, 0.05) is 24.5 Å². The first-order valence-corrected chi connectivity index (χ1v) is 11.0. The highest BCUT2D eigenvalue weighted by atomic mass is 16.5. The molecule has 0 aromatic heterocycles. The summed E-state index contributed by atoms with van der Waals surface area (Å²) in [5.41, 5.74) is 7.61. The SMILES string of the molecule is CCN(C(N)=NC#N)[C@H]1CC[C@@](CNC(=O)c2ccccc2OC)(c2ccccc2)CC1. The van der Waals surface area contributed by atoms with E-state index < -0.39 is 0 Å². The molecular weight excluding hydrogens is 402 g/mol. The van der Waals surface area contributed by atoms with Gasteiger partial charge in [-0.1, -0.05) is 42.5 Å². The lowest BCUT2D eigenvalue weighted by atomic mass is 9.68. The predicted octanol–water partition coefficient (Wildman–Crippen LogP) is 3.42. The Hall–Kier alpha value is -3.53. The van der Waals surface area contributed by atoms with Crippen molar-refractivity contribution >= 4 is 11.9 Å². The first-order chi connectivity index (χ1) is 15.5. The standard InChI is InChI=1S/C25H31N5O2/c1-3-30(24(27)29-18-26)20-13-15-25(16-14-20,19-9-5-4-6-10-19)17-28-23(31)21-11-7-8-12-22(21)32-2/h4-12,20H,3,13-17H2,1-2H3,(H2,27,29)(H,28,31)/t20-,25+. The first kappa shape index (κ1) is 23.1. The van der Waals surface area contributed by atoms with Crippen LogP contribution in [-0.2, 0) is 5.41 Å². The number of carbonyl (C=O) groups is 1. The van der Waals surface area contributed by atoms with E-state index in [2.05, 4.69) is 22.4 Å². The maximum absolute atomic E-state index is 13.0. The van der Waals surface area contributed by atoms with Gasteiger partial charge in [-0.25, -0.2) is 0 Å². The summed E-state index contributed by atoms with van der Waals surface area (Å²) < 4.78 is 5.35. The number of amides is 1. The minimum Gasteiger partial charge on any atom is -0.496 e. The van der Waals surface area contributed by atoms with Crippen molar-refractivity contribution in [1.29, 1.82) is 5.26 Å². The van der Waals surface area contributed by atoms with Crippen molar-refractivity contribution in [3.8, 4) is 11.9 Å². The normalized spacial score (nSPS) is 20.8. The topological polar surface area (TPSA) is 104 Å². The number of nitriles is 1. The lowest BCUT2D eigenvalue weighted by molar-refractivity contribution is 0.0926. The Balaban J connectivity index is 1.78. The predicted molar refractivity (Wildman–Crippen MR) is 125 cm³/mol. The molecule has 3 rings (SSSR count). The van der Waals surface area contributed by atoms with Gasteiger partial charge in [-0.2, -0.15) is 5.26 Å². The van der Waals surface area contributed by atoms with Crippen LogP contribution in [0.5, 0.6) is 5.75 Å². The number of hydrogen-bond acceptors (Lipinski definition) is 4. The van der Waals surface area contributed by atoms with E-state index >= 15 is 0 Å². The van der Waals surface area contributed by atoms with E-state index in [0.29, 0.717) is 24.4 Å². The fraction of sp³-hybridized carbons (Fsp3) is 0.400. The number of hydrogen-bond donors (Lipinski definition) is 2. The van der Waals surface area contributed by atoms with E-state index in [1.54, 1.807) is 25.4 Å². The van der Waals surface area contributed by atoms with Crippen LogP contribution >= 0.6 is 0 Å². The highest BCUT2D eigenvalue weighted by Gasteiger charge is 2.39. The van der Waals surface area contributed by atoms with Gasteiger partial charge in [0.2, 0.25) is 12.2 Å². The van der Waals surface area contributed by atoms with Crippen molar-refractivity contribution in [3.05, 3.63) is 65.7 Å². The second-order valence-corrected chi connectivity index (χ2v) is 8.12. The second kappa shape index (κ2) is 10.7. The summed E-state index contributed by atoms with van der Waals surface area (Å²) >= 11 is 0. The molecule has 1 amide bonds. The highest BCUT2D eigenvalue weighted by molar-refractivity contribution is 5.97. The number of benzene rings is 2. The van der Waals surface area contributed by atoms with Crippen molar-refractivity contribution < 1.29 is 9.53 Å². The lowest BCUT2D eigenvalue weighted by Crippen LogP contribution is -2.50. The molecule has 1 saturated carbocycles. The molecule has 168 valence electrons. The minimum atomic E-state index is -0.171. The molecule has 0 aliphatic heterocycles. The van der Waals surface area contributed by atoms with Gasteiger partial charge < -0.3 is 20.7 Å². The maximum atomic E-state index is 13.0. The number of rotatable bonds is 7. The van der Waals surface area contributed by atoms with Gasteiger partial charge >= 0.3 is 0 Å². The minimum absolute atomic E-state index is 0.138. The average Bonchev–Trinajstić information content (AvgIpc) is 2.84. The molecule has 0 unspecified atom stereocenters. The van der Waals surface area contributed by atoms with E-state index in [1.165, 1.54) is 5.56 Å². The van der Waals surface area contributed by atoms with Gasteiger partial charge in [0.05, 0.1) is 12.7 Å². The highest BCUT2D eigenvalue weighted by Crippen LogP contribution is 2.40. The third kappa shape index (κ3) is 5.02. The van der Waals surface area contributed by atoms with Crippen molar-refractivity contribution in [2.75, 3.05) is 20.2 Å². The van der Waals surface area contributed by atoms with Crippen LogP contribution in [0.2, 0.25) is 0 Å².